The molecule has 0 aromatic heterocycles. The van der Waals surface area contributed by atoms with Crippen LogP contribution in [0.2, 0.25) is 0 Å². The summed E-state index contributed by atoms with van der Waals surface area (Å²) in [4.78, 5) is 17.4. The number of nitrogens with one attached hydrogen (secondary N) is 2. The van der Waals surface area contributed by atoms with E-state index in [1.165, 1.54) is 31.3 Å². The maximum Gasteiger partial charge on any atom is 0.251 e. The Labute approximate surface area is 318 Å². The van der Waals surface area contributed by atoms with E-state index >= 15 is 0 Å². The van der Waals surface area contributed by atoms with E-state index < -0.39 is 97.1 Å². The molecule has 1 saturated carbocycles. The first-order valence-corrected chi connectivity index (χ1v) is 18.7. The quantitative estimate of drug-likeness (QED) is 0.0564. The SMILES string of the molecule is CNC1C(O)C(OC2C(NC(=O)C(O)CN=C/C=C(\C)CC/C=C(\C)CCC=C(C)C)CC(N)C(OC3OC(CN)C(O)C(O)C3O)C2O)OCC1(C)O. The molecule has 17 nitrogen and oxygen atoms in total. The van der Waals surface area contributed by atoms with E-state index in [2.05, 4.69) is 48.5 Å². The Morgan fingerprint density at radius 3 is 2.24 bits per heavy atom. The fourth-order valence-electron chi connectivity index (χ4n) is 6.86. The predicted octanol–water partition coefficient (Wildman–Crippen LogP) is -1.99. The van der Waals surface area contributed by atoms with Crippen LogP contribution >= 0.6 is 0 Å². The summed E-state index contributed by atoms with van der Waals surface area (Å²) in [6.07, 6.45) is -4.90. The van der Waals surface area contributed by atoms with Gasteiger partial charge in [0.25, 0.3) is 5.91 Å². The molecule has 15 atom stereocenters. The Morgan fingerprint density at radius 2 is 1.59 bits per heavy atom. The molecular formula is C37H65N5O12. The standard InChI is InChI=1S/C37H65N5O12/c1-19(2)9-7-10-20(3)11-8-12-21(4)13-14-41-17-24(43)34(49)42-23-15-22(39)31(53-36-28(46)27(45)26(44)25(16-38)52-36)29(47)32(23)54-35-30(48)33(40-6)37(5,50)18-51-35/h9,11,13-14,22-33,35-36,40,43-48,50H,7-8,10,12,15-18,38-39H2,1-6H3,(H,42,49)/b20-11+,21-13+,41-14?. The number of aliphatic hydroxyl groups excluding tert-OH is 6. The third-order valence-electron chi connectivity index (χ3n) is 10.1. The number of rotatable bonds is 17. The molecule has 13 N–H and O–H groups in total. The highest BCUT2D eigenvalue weighted by molar-refractivity contribution is 5.81. The van der Waals surface area contributed by atoms with Crippen molar-refractivity contribution in [3.8, 4) is 0 Å². The minimum atomic E-state index is -1.74. The molecule has 310 valence electrons. The highest BCUT2D eigenvalue weighted by Gasteiger charge is 2.53. The molecule has 0 bridgehead atoms. The fraction of sp³-hybridized carbons (Fsp3) is 0.784. The summed E-state index contributed by atoms with van der Waals surface area (Å²) in [7, 11) is 1.54. The number of amides is 1. The lowest BCUT2D eigenvalue weighted by atomic mass is 9.83. The minimum absolute atomic E-state index is 0.0940. The lowest BCUT2D eigenvalue weighted by Crippen LogP contribution is -2.70. The number of aliphatic imine (C=N–C) groups is 1. The first kappa shape index (κ1) is 46.2. The number of nitrogens with two attached hydrogens (primary N) is 2. The molecule has 17 heteroatoms. The van der Waals surface area contributed by atoms with Crippen LogP contribution in [0, 0.1) is 0 Å². The van der Waals surface area contributed by atoms with Gasteiger partial charge in [0.1, 0.15) is 54.4 Å². The molecular weight excluding hydrogens is 706 g/mol. The van der Waals surface area contributed by atoms with Gasteiger partial charge in [-0.2, -0.15) is 0 Å². The lowest BCUT2D eigenvalue weighted by molar-refractivity contribution is -0.330. The average Bonchev–Trinajstić information content (AvgIpc) is 3.10. The second-order valence-corrected chi connectivity index (χ2v) is 15.2. The van der Waals surface area contributed by atoms with Crippen molar-refractivity contribution < 1.29 is 59.5 Å². The second-order valence-electron chi connectivity index (χ2n) is 15.2. The third kappa shape index (κ3) is 12.7. The molecule has 15 unspecified atom stereocenters. The van der Waals surface area contributed by atoms with Crippen molar-refractivity contribution in [3.05, 3.63) is 34.9 Å². The molecule has 1 amide bonds. The van der Waals surface area contributed by atoms with Crippen LogP contribution in [0.3, 0.4) is 0 Å². The van der Waals surface area contributed by atoms with E-state index in [4.69, 9.17) is 30.4 Å². The number of likely N-dealkylation sites (N-methyl/N-ethyl adjacent to an activating group) is 1. The van der Waals surface area contributed by atoms with Crippen LogP contribution in [0.1, 0.15) is 66.7 Å². The molecule has 2 aliphatic heterocycles. The Hall–Kier alpha value is -2.20. The number of nitrogens with zero attached hydrogens (tertiary/aromatic N) is 1. The van der Waals surface area contributed by atoms with E-state index in [0.29, 0.717) is 0 Å². The summed E-state index contributed by atoms with van der Waals surface area (Å²) >= 11 is 0. The summed E-state index contributed by atoms with van der Waals surface area (Å²) in [5.74, 6) is -0.825. The summed E-state index contributed by atoms with van der Waals surface area (Å²) in [6, 6.07) is -2.99. The zero-order valence-corrected chi connectivity index (χ0v) is 32.3. The van der Waals surface area contributed by atoms with Crippen molar-refractivity contribution in [1.82, 2.24) is 10.6 Å². The van der Waals surface area contributed by atoms with Crippen LogP contribution in [-0.2, 0) is 23.7 Å². The van der Waals surface area contributed by atoms with E-state index in [9.17, 15) is 40.5 Å². The van der Waals surface area contributed by atoms with Crippen LogP contribution in [0.5, 0.6) is 0 Å². The average molecular weight is 772 g/mol. The summed E-state index contributed by atoms with van der Waals surface area (Å²) in [5, 5.41) is 80.8. The third-order valence-corrected chi connectivity index (χ3v) is 10.1. The first-order valence-electron chi connectivity index (χ1n) is 18.7. The van der Waals surface area contributed by atoms with Gasteiger partial charge < -0.3 is 76.8 Å². The number of hydrogen-bond donors (Lipinski definition) is 11. The van der Waals surface area contributed by atoms with Crippen LogP contribution in [-0.4, -0.2) is 166 Å². The topological polar surface area (TPSA) is 284 Å². The van der Waals surface area contributed by atoms with E-state index in [0.717, 1.165) is 31.3 Å². The Bertz CT molecular complexity index is 1310. The maximum atomic E-state index is 13.2. The summed E-state index contributed by atoms with van der Waals surface area (Å²) in [5.41, 5.74) is 14.3. The molecule has 2 saturated heterocycles. The normalized spacial score (nSPS) is 38.7. The van der Waals surface area contributed by atoms with Crippen molar-refractivity contribution in [2.45, 2.75) is 158 Å². The van der Waals surface area contributed by atoms with Crippen molar-refractivity contribution in [2.75, 3.05) is 26.7 Å². The zero-order chi connectivity index (χ0) is 40.3. The van der Waals surface area contributed by atoms with Crippen molar-refractivity contribution in [1.29, 1.82) is 0 Å². The van der Waals surface area contributed by atoms with Crippen LogP contribution in [0.4, 0.5) is 0 Å². The highest BCUT2D eigenvalue weighted by atomic mass is 16.7. The largest absolute Gasteiger partial charge is 0.388 e. The monoisotopic (exact) mass is 771 g/mol. The van der Waals surface area contributed by atoms with Crippen molar-refractivity contribution >= 4 is 12.1 Å². The predicted molar refractivity (Wildman–Crippen MR) is 200 cm³/mol. The van der Waals surface area contributed by atoms with E-state index in [-0.39, 0.29) is 26.1 Å². The number of hydrogen-bond acceptors (Lipinski definition) is 16. The summed E-state index contributed by atoms with van der Waals surface area (Å²) in [6.45, 7) is 9.03. The Morgan fingerprint density at radius 1 is 0.944 bits per heavy atom. The number of allylic oxidation sites excluding steroid dienone is 6. The second kappa shape index (κ2) is 21.4. The highest BCUT2D eigenvalue weighted by Crippen LogP contribution is 2.32. The lowest BCUT2D eigenvalue weighted by Gasteiger charge is -2.49. The van der Waals surface area contributed by atoms with Gasteiger partial charge in [-0.15, -0.1) is 0 Å². The van der Waals surface area contributed by atoms with Gasteiger partial charge in [0.05, 0.1) is 25.2 Å². The van der Waals surface area contributed by atoms with Crippen molar-refractivity contribution in [2.24, 2.45) is 16.5 Å². The van der Waals surface area contributed by atoms with Gasteiger partial charge in [-0.1, -0.05) is 28.9 Å². The summed E-state index contributed by atoms with van der Waals surface area (Å²) < 4.78 is 23.2. The molecule has 0 radical (unpaired) electrons. The first-order chi connectivity index (χ1) is 25.4. The molecule has 0 aromatic rings. The molecule has 54 heavy (non-hydrogen) atoms. The van der Waals surface area contributed by atoms with Crippen LogP contribution < -0.4 is 22.1 Å². The minimum Gasteiger partial charge on any atom is -0.388 e. The van der Waals surface area contributed by atoms with Gasteiger partial charge in [0.15, 0.2) is 18.7 Å². The molecule has 3 fully saturated rings. The Balaban J connectivity index is 1.69. The number of carbonyl (C=O) groups excluding carboxylic acids is 1. The number of ether oxygens (including phenoxy) is 4. The maximum absolute atomic E-state index is 13.2. The van der Waals surface area contributed by atoms with Gasteiger partial charge in [-0.25, -0.2) is 0 Å². The molecule has 0 aromatic carbocycles. The Kier molecular flexibility index (Phi) is 18.3. The molecule has 3 aliphatic rings. The van der Waals surface area contributed by atoms with Crippen molar-refractivity contribution in [3.63, 3.8) is 0 Å². The number of carbonyl (C=O) groups is 1. The van der Waals surface area contributed by atoms with Crippen LogP contribution in [0.25, 0.3) is 0 Å². The van der Waals surface area contributed by atoms with Crippen LogP contribution in [0.15, 0.2) is 39.9 Å². The van der Waals surface area contributed by atoms with Gasteiger partial charge >= 0.3 is 0 Å². The van der Waals surface area contributed by atoms with Gasteiger partial charge in [-0.05, 0) is 79.8 Å². The number of aliphatic hydroxyl groups is 7. The fourth-order valence-corrected chi connectivity index (χ4v) is 6.86. The molecule has 2 heterocycles. The van der Waals surface area contributed by atoms with Gasteiger partial charge in [0.2, 0.25) is 0 Å². The smallest absolute Gasteiger partial charge is 0.251 e. The van der Waals surface area contributed by atoms with E-state index in [1.807, 2.05) is 13.0 Å². The zero-order valence-electron chi connectivity index (χ0n) is 32.3. The molecule has 3 rings (SSSR count). The molecule has 1 aliphatic carbocycles. The molecule has 0 spiro atoms. The van der Waals surface area contributed by atoms with Gasteiger partial charge in [-0.3, -0.25) is 9.79 Å². The van der Waals surface area contributed by atoms with E-state index in [1.54, 1.807) is 0 Å². The van der Waals surface area contributed by atoms with Gasteiger partial charge in [0, 0.05) is 18.8 Å².